The Balaban J connectivity index is 1.58. The average molecular weight is 423 g/mol. The summed E-state index contributed by atoms with van der Waals surface area (Å²) in [4.78, 5) is 26.1. The van der Waals surface area contributed by atoms with Gasteiger partial charge >= 0.3 is 0 Å². The summed E-state index contributed by atoms with van der Waals surface area (Å²) in [6, 6.07) is 5.99. The number of benzene rings is 1. The van der Waals surface area contributed by atoms with Crippen LogP contribution in [0.15, 0.2) is 29.2 Å². The molecule has 2 heterocycles. The summed E-state index contributed by atoms with van der Waals surface area (Å²) < 4.78 is 26.9. The van der Waals surface area contributed by atoms with Gasteiger partial charge in [0.25, 0.3) is 0 Å². The summed E-state index contributed by atoms with van der Waals surface area (Å²) in [5.41, 5.74) is 5.92. The molecule has 2 aliphatic heterocycles. The number of nitrogens with zero attached hydrogens (tertiary/aromatic N) is 2. The van der Waals surface area contributed by atoms with E-state index in [0.29, 0.717) is 44.7 Å². The molecule has 1 atom stereocenters. The number of nitrogens with one attached hydrogen (secondary N) is 1. The minimum absolute atomic E-state index is 0.115. The number of hydrogen-bond acceptors (Lipinski definition) is 5. The molecule has 9 heteroatoms. The highest BCUT2D eigenvalue weighted by Gasteiger charge is 2.29. The smallest absolute Gasteiger partial charge is 0.243 e. The Morgan fingerprint density at radius 2 is 1.62 bits per heavy atom. The van der Waals surface area contributed by atoms with Gasteiger partial charge in [-0.05, 0) is 70.0 Å². The van der Waals surface area contributed by atoms with Crippen LogP contribution in [0, 0.1) is 5.92 Å². The van der Waals surface area contributed by atoms with Gasteiger partial charge < -0.3 is 11.1 Å². The van der Waals surface area contributed by atoms with Crippen LogP contribution in [0.1, 0.15) is 39.0 Å². The van der Waals surface area contributed by atoms with Crippen LogP contribution >= 0.6 is 0 Å². The third-order valence-corrected chi connectivity index (χ3v) is 7.85. The Kier molecular flexibility index (Phi) is 6.92. The number of primary amides is 1. The van der Waals surface area contributed by atoms with Gasteiger partial charge in [-0.15, -0.1) is 0 Å². The van der Waals surface area contributed by atoms with E-state index in [1.165, 1.54) is 4.31 Å². The maximum absolute atomic E-state index is 12.7. The molecular formula is C20H30N4O4S. The van der Waals surface area contributed by atoms with Crippen molar-refractivity contribution in [2.24, 2.45) is 11.7 Å². The summed E-state index contributed by atoms with van der Waals surface area (Å²) in [6.45, 7) is 4.25. The Hall–Kier alpha value is -1.97. The topological polar surface area (TPSA) is 113 Å². The molecule has 2 aliphatic rings. The molecule has 1 aromatic carbocycles. The number of rotatable bonds is 6. The molecule has 0 bridgehead atoms. The Labute approximate surface area is 172 Å². The lowest BCUT2D eigenvalue weighted by Crippen LogP contribution is -2.47. The van der Waals surface area contributed by atoms with Gasteiger partial charge in [0.2, 0.25) is 21.8 Å². The Morgan fingerprint density at radius 1 is 1.03 bits per heavy atom. The predicted octanol–water partition coefficient (Wildman–Crippen LogP) is 1.39. The highest BCUT2D eigenvalue weighted by atomic mass is 32.2. The average Bonchev–Trinajstić information content (AvgIpc) is 2.74. The number of carbonyl (C=O) groups is 2. The van der Waals surface area contributed by atoms with Crippen LogP contribution in [0.2, 0.25) is 0 Å². The second-order valence-corrected chi connectivity index (χ2v) is 9.80. The van der Waals surface area contributed by atoms with E-state index in [4.69, 9.17) is 5.73 Å². The summed E-state index contributed by atoms with van der Waals surface area (Å²) in [5.74, 6) is -0.550. The van der Waals surface area contributed by atoms with Gasteiger partial charge in [-0.3, -0.25) is 14.5 Å². The van der Waals surface area contributed by atoms with Gasteiger partial charge in [0.15, 0.2) is 0 Å². The van der Waals surface area contributed by atoms with E-state index < -0.39 is 10.0 Å². The first-order chi connectivity index (χ1) is 13.8. The second kappa shape index (κ2) is 9.23. The van der Waals surface area contributed by atoms with Crippen LogP contribution in [0.5, 0.6) is 0 Å². The number of amides is 2. The molecule has 29 heavy (non-hydrogen) atoms. The van der Waals surface area contributed by atoms with E-state index in [1.807, 2.05) is 11.8 Å². The fraction of sp³-hybridized carbons (Fsp3) is 0.600. The fourth-order valence-electron chi connectivity index (χ4n) is 3.95. The normalized spacial score (nSPS) is 20.9. The standard InChI is InChI=1S/C20H30N4O4S/c1-15(23-13-9-16(10-14-23)19(21)25)20(26)22-17-5-7-18(8-6-17)29(27,28)24-11-3-2-4-12-24/h5-8,15-16H,2-4,9-14H2,1H3,(H2,21,25)(H,22,26)/t15-/m0/s1. The molecule has 0 spiro atoms. The molecule has 0 radical (unpaired) electrons. The summed E-state index contributed by atoms with van der Waals surface area (Å²) >= 11 is 0. The van der Waals surface area contributed by atoms with E-state index >= 15 is 0 Å². The molecule has 0 aliphatic carbocycles. The quantitative estimate of drug-likeness (QED) is 0.719. The lowest BCUT2D eigenvalue weighted by Gasteiger charge is -2.34. The van der Waals surface area contributed by atoms with Crippen molar-refractivity contribution in [1.82, 2.24) is 9.21 Å². The van der Waals surface area contributed by atoms with Crippen LogP contribution < -0.4 is 11.1 Å². The first kappa shape index (κ1) is 21.7. The second-order valence-electron chi connectivity index (χ2n) is 7.87. The van der Waals surface area contributed by atoms with Crippen LogP contribution in [0.4, 0.5) is 5.69 Å². The summed E-state index contributed by atoms with van der Waals surface area (Å²) in [7, 11) is -3.48. The third kappa shape index (κ3) is 5.15. The number of carbonyl (C=O) groups excluding carboxylic acids is 2. The summed E-state index contributed by atoms with van der Waals surface area (Å²) in [6.07, 6.45) is 4.17. The molecule has 0 unspecified atom stereocenters. The van der Waals surface area contributed by atoms with Gasteiger partial charge in [0, 0.05) is 24.7 Å². The van der Waals surface area contributed by atoms with Crippen molar-refractivity contribution in [2.45, 2.75) is 50.0 Å². The molecular weight excluding hydrogens is 392 g/mol. The first-order valence-electron chi connectivity index (χ1n) is 10.2. The minimum atomic E-state index is -3.48. The third-order valence-electron chi connectivity index (χ3n) is 5.93. The number of nitrogens with two attached hydrogens (primary N) is 1. The highest BCUT2D eigenvalue weighted by molar-refractivity contribution is 7.89. The van der Waals surface area contributed by atoms with Crippen molar-refractivity contribution in [3.05, 3.63) is 24.3 Å². The highest BCUT2D eigenvalue weighted by Crippen LogP contribution is 2.23. The fourth-order valence-corrected chi connectivity index (χ4v) is 5.47. The SMILES string of the molecule is C[C@@H](C(=O)Nc1ccc(S(=O)(=O)N2CCCCC2)cc1)N1CCC(C(N)=O)CC1. The van der Waals surface area contributed by atoms with Crippen molar-refractivity contribution in [3.8, 4) is 0 Å². The first-order valence-corrected chi connectivity index (χ1v) is 11.7. The molecule has 8 nitrogen and oxygen atoms in total. The maximum Gasteiger partial charge on any atom is 0.243 e. The lowest BCUT2D eigenvalue weighted by atomic mass is 9.95. The molecule has 3 rings (SSSR count). The Morgan fingerprint density at radius 3 is 2.17 bits per heavy atom. The van der Waals surface area contributed by atoms with Gasteiger partial charge in [-0.1, -0.05) is 6.42 Å². The zero-order valence-corrected chi connectivity index (χ0v) is 17.7. The molecule has 0 saturated carbocycles. The zero-order chi connectivity index (χ0) is 21.0. The Bertz CT molecular complexity index is 827. The molecule has 2 saturated heterocycles. The number of sulfonamides is 1. The summed E-state index contributed by atoms with van der Waals surface area (Å²) in [5, 5.41) is 2.85. The van der Waals surface area contributed by atoms with Gasteiger partial charge in [-0.25, -0.2) is 8.42 Å². The van der Waals surface area contributed by atoms with Crippen molar-refractivity contribution in [2.75, 3.05) is 31.5 Å². The predicted molar refractivity (Wildman–Crippen MR) is 111 cm³/mol. The number of piperidine rings is 2. The van der Waals surface area contributed by atoms with Gasteiger partial charge in [0.1, 0.15) is 0 Å². The van der Waals surface area contributed by atoms with Crippen molar-refractivity contribution in [1.29, 1.82) is 0 Å². The van der Waals surface area contributed by atoms with Crippen molar-refractivity contribution < 1.29 is 18.0 Å². The van der Waals surface area contributed by atoms with Crippen molar-refractivity contribution >= 4 is 27.5 Å². The van der Waals surface area contributed by atoms with Gasteiger partial charge in [0.05, 0.1) is 10.9 Å². The minimum Gasteiger partial charge on any atom is -0.369 e. The maximum atomic E-state index is 12.7. The zero-order valence-electron chi connectivity index (χ0n) is 16.8. The molecule has 3 N–H and O–H groups in total. The largest absolute Gasteiger partial charge is 0.369 e. The van der Waals surface area contributed by atoms with Crippen LogP contribution in [-0.2, 0) is 19.6 Å². The molecule has 2 amide bonds. The monoisotopic (exact) mass is 422 g/mol. The molecule has 0 aromatic heterocycles. The van der Waals surface area contributed by atoms with E-state index in [-0.39, 0.29) is 28.7 Å². The van der Waals surface area contributed by atoms with Crippen LogP contribution in [-0.4, -0.2) is 61.7 Å². The number of hydrogen-bond donors (Lipinski definition) is 2. The van der Waals surface area contributed by atoms with E-state index in [1.54, 1.807) is 24.3 Å². The van der Waals surface area contributed by atoms with Crippen LogP contribution in [0.3, 0.4) is 0 Å². The van der Waals surface area contributed by atoms with Crippen LogP contribution in [0.25, 0.3) is 0 Å². The van der Waals surface area contributed by atoms with E-state index in [0.717, 1.165) is 19.3 Å². The van der Waals surface area contributed by atoms with E-state index in [2.05, 4.69) is 5.32 Å². The van der Waals surface area contributed by atoms with Gasteiger partial charge in [-0.2, -0.15) is 4.31 Å². The molecule has 2 fully saturated rings. The van der Waals surface area contributed by atoms with E-state index in [9.17, 15) is 18.0 Å². The molecule has 160 valence electrons. The number of likely N-dealkylation sites (tertiary alicyclic amines) is 1. The molecule has 1 aromatic rings. The van der Waals surface area contributed by atoms with Crippen molar-refractivity contribution in [3.63, 3.8) is 0 Å². The lowest BCUT2D eigenvalue weighted by molar-refractivity contribution is -0.124. The number of anilines is 1.